The number of amides is 1. The largest absolute Gasteiger partial charge is 0.494 e. The predicted octanol–water partition coefficient (Wildman–Crippen LogP) is 4.35. The predicted molar refractivity (Wildman–Crippen MR) is 109 cm³/mol. The van der Waals surface area contributed by atoms with Crippen LogP contribution in [0.25, 0.3) is 0 Å². The van der Waals surface area contributed by atoms with Crippen molar-refractivity contribution in [3.8, 4) is 11.5 Å². The number of ether oxygens (including phenoxy) is 2. The maximum absolute atomic E-state index is 12.3. The Kier molecular flexibility index (Phi) is 5.42. The second-order valence-corrected chi connectivity index (χ2v) is 7.07. The van der Waals surface area contributed by atoms with Gasteiger partial charge in [0.25, 0.3) is 5.91 Å². The van der Waals surface area contributed by atoms with Gasteiger partial charge in [-0.15, -0.1) is 0 Å². The summed E-state index contributed by atoms with van der Waals surface area (Å²) in [6.45, 7) is 3.04. The molecule has 0 aromatic heterocycles. The van der Waals surface area contributed by atoms with Crippen LogP contribution in [-0.2, 0) is 6.61 Å². The Hall–Kier alpha value is -3.08. The summed E-state index contributed by atoms with van der Waals surface area (Å²) < 4.78 is 11.2. The van der Waals surface area contributed by atoms with E-state index in [0.29, 0.717) is 30.6 Å². The smallest absolute Gasteiger partial charge is 0.271 e. The first-order valence-corrected chi connectivity index (χ1v) is 9.71. The number of fused-ring (bicyclic) bond motifs is 1. The van der Waals surface area contributed by atoms with E-state index in [4.69, 9.17) is 9.47 Å². The lowest BCUT2D eigenvalue weighted by Crippen LogP contribution is -2.35. The van der Waals surface area contributed by atoms with Crippen molar-refractivity contribution in [2.24, 2.45) is 16.9 Å². The van der Waals surface area contributed by atoms with Gasteiger partial charge in [0.05, 0.1) is 6.61 Å². The number of nitrogens with one attached hydrogen (secondary N) is 1. The highest BCUT2D eigenvalue weighted by Crippen LogP contribution is 2.40. The van der Waals surface area contributed by atoms with E-state index in [1.54, 1.807) is 12.1 Å². The van der Waals surface area contributed by atoms with Gasteiger partial charge in [-0.2, -0.15) is 5.10 Å². The number of benzene rings is 2. The summed E-state index contributed by atoms with van der Waals surface area (Å²) in [5.41, 5.74) is 5.37. The maximum Gasteiger partial charge on any atom is 0.271 e. The van der Waals surface area contributed by atoms with Crippen LogP contribution < -0.4 is 14.9 Å². The first-order valence-electron chi connectivity index (χ1n) is 9.71. The molecule has 144 valence electrons. The molecule has 0 radical (unpaired) electrons. The monoisotopic (exact) mass is 376 g/mol. The number of allylic oxidation sites excluding steroid dienone is 2. The minimum Gasteiger partial charge on any atom is -0.494 e. The molecule has 5 nitrogen and oxygen atoms in total. The van der Waals surface area contributed by atoms with Crippen LogP contribution in [0.2, 0.25) is 0 Å². The van der Waals surface area contributed by atoms with Gasteiger partial charge >= 0.3 is 0 Å². The van der Waals surface area contributed by atoms with Crippen molar-refractivity contribution in [1.82, 2.24) is 5.43 Å². The zero-order chi connectivity index (χ0) is 19.3. The van der Waals surface area contributed by atoms with Crippen LogP contribution in [0.15, 0.2) is 65.8 Å². The van der Waals surface area contributed by atoms with Crippen LogP contribution >= 0.6 is 0 Å². The van der Waals surface area contributed by atoms with Crippen LogP contribution in [0, 0.1) is 11.8 Å². The van der Waals surface area contributed by atoms with Crippen molar-refractivity contribution in [1.29, 1.82) is 0 Å². The summed E-state index contributed by atoms with van der Waals surface area (Å²) in [5, 5.41) is 4.31. The highest BCUT2D eigenvalue weighted by Gasteiger charge is 2.38. The molecular formula is C23H24N2O3. The number of carbonyl (C=O) groups excluding carboxylic acids is 1. The lowest BCUT2D eigenvalue weighted by Gasteiger charge is -2.31. The van der Waals surface area contributed by atoms with E-state index in [9.17, 15) is 4.79 Å². The number of carbonyl (C=O) groups is 1. The van der Waals surface area contributed by atoms with Gasteiger partial charge in [0, 0.05) is 17.2 Å². The Balaban J connectivity index is 1.27. The van der Waals surface area contributed by atoms with Gasteiger partial charge in [-0.25, -0.2) is 5.43 Å². The summed E-state index contributed by atoms with van der Waals surface area (Å²) >= 11 is 0. The van der Waals surface area contributed by atoms with Crippen LogP contribution in [0.3, 0.4) is 0 Å². The Morgan fingerprint density at radius 1 is 1.07 bits per heavy atom. The molecule has 5 heteroatoms. The number of rotatable bonds is 7. The molecule has 1 amide bonds. The molecule has 1 N–H and O–H groups in total. The SMILES string of the molecule is CCOc1ccc(OCc2ccc(C(=O)N/N=C3/CC4C=CCC34)cc2)cc1. The zero-order valence-electron chi connectivity index (χ0n) is 15.9. The molecule has 1 fully saturated rings. The molecule has 2 aromatic rings. The molecule has 28 heavy (non-hydrogen) atoms. The molecule has 0 bridgehead atoms. The zero-order valence-corrected chi connectivity index (χ0v) is 15.9. The van der Waals surface area contributed by atoms with Crippen molar-refractivity contribution in [3.63, 3.8) is 0 Å². The first-order chi connectivity index (χ1) is 13.7. The van der Waals surface area contributed by atoms with Crippen LogP contribution in [-0.4, -0.2) is 18.2 Å². The van der Waals surface area contributed by atoms with E-state index in [-0.39, 0.29) is 5.91 Å². The van der Waals surface area contributed by atoms with E-state index >= 15 is 0 Å². The topological polar surface area (TPSA) is 59.9 Å². The van der Waals surface area contributed by atoms with Crippen molar-refractivity contribution in [2.45, 2.75) is 26.4 Å². The van der Waals surface area contributed by atoms with Gasteiger partial charge in [-0.05, 0) is 67.6 Å². The summed E-state index contributed by atoms with van der Waals surface area (Å²) in [6.07, 6.45) is 6.46. The molecule has 0 spiro atoms. The molecule has 2 aliphatic rings. The van der Waals surface area contributed by atoms with E-state index in [1.807, 2.05) is 43.3 Å². The molecule has 0 saturated heterocycles. The number of hydrogen-bond donors (Lipinski definition) is 1. The normalized spacial score (nSPS) is 21.1. The number of hydrazone groups is 1. The molecule has 2 unspecified atom stereocenters. The van der Waals surface area contributed by atoms with Gasteiger partial charge in [0.15, 0.2) is 0 Å². The number of nitrogens with zero attached hydrogens (tertiary/aromatic N) is 1. The van der Waals surface area contributed by atoms with E-state index in [1.165, 1.54) is 0 Å². The minimum absolute atomic E-state index is 0.180. The molecule has 2 atom stereocenters. The van der Waals surface area contributed by atoms with E-state index in [0.717, 1.165) is 35.6 Å². The summed E-state index contributed by atoms with van der Waals surface area (Å²) in [7, 11) is 0. The summed E-state index contributed by atoms with van der Waals surface area (Å²) in [4.78, 5) is 12.3. The van der Waals surface area contributed by atoms with Crippen molar-refractivity contribution < 1.29 is 14.3 Å². The lowest BCUT2D eigenvalue weighted by atomic mass is 9.74. The van der Waals surface area contributed by atoms with Crippen molar-refractivity contribution in [2.75, 3.05) is 6.61 Å². The van der Waals surface area contributed by atoms with Gasteiger partial charge < -0.3 is 9.47 Å². The molecule has 0 heterocycles. The summed E-state index contributed by atoms with van der Waals surface area (Å²) in [5.74, 6) is 2.56. The Labute approximate surface area is 165 Å². The fourth-order valence-corrected chi connectivity index (χ4v) is 3.57. The lowest BCUT2D eigenvalue weighted by molar-refractivity contribution is 0.0954. The molecular weight excluding hydrogens is 352 g/mol. The minimum atomic E-state index is -0.180. The van der Waals surface area contributed by atoms with E-state index in [2.05, 4.69) is 22.7 Å². The third-order valence-corrected chi connectivity index (χ3v) is 5.22. The third kappa shape index (κ3) is 4.09. The Morgan fingerprint density at radius 2 is 1.79 bits per heavy atom. The Morgan fingerprint density at radius 3 is 2.46 bits per heavy atom. The molecule has 1 saturated carbocycles. The standard InChI is InChI=1S/C23H24N2O3/c1-2-27-19-10-12-20(13-11-19)28-15-16-6-8-17(9-7-16)23(26)25-24-22-14-18-4-3-5-21(18)22/h3-4,6-13,18,21H,2,5,14-15H2,1H3,(H,25,26)/b24-22-. The van der Waals surface area contributed by atoms with Crippen LogP contribution in [0.4, 0.5) is 0 Å². The molecule has 2 aliphatic carbocycles. The van der Waals surface area contributed by atoms with Crippen LogP contribution in [0.1, 0.15) is 35.7 Å². The molecule has 4 rings (SSSR count). The van der Waals surface area contributed by atoms with Gasteiger partial charge in [0.2, 0.25) is 0 Å². The molecule has 0 aliphatic heterocycles. The second kappa shape index (κ2) is 8.30. The van der Waals surface area contributed by atoms with Gasteiger partial charge in [0.1, 0.15) is 18.1 Å². The third-order valence-electron chi connectivity index (χ3n) is 5.22. The second-order valence-electron chi connectivity index (χ2n) is 7.07. The average Bonchev–Trinajstić information content (AvgIpc) is 3.09. The van der Waals surface area contributed by atoms with E-state index < -0.39 is 0 Å². The van der Waals surface area contributed by atoms with Gasteiger partial charge in [-0.1, -0.05) is 24.3 Å². The first kappa shape index (κ1) is 18.3. The fraction of sp³-hybridized carbons (Fsp3) is 0.304. The number of hydrogen-bond acceptors (Lipinski definition) is 4. The maximum atomic E-state index is 12.3. The van der Waals surface area contributed by atoms with Crippen LogP contribution in [0.5, 0.6) is 11.5 Å². The van der Waals surface area contributed by atoms with Crippen molar-refractivity contribution in [3.05, 3.63) is 71.8 Å². The highest BCUT2D eigenvalue weighted by molar-refractivity contribution is 5.98. The Bertz CT molecular complexity index is 885. The fourth-order valence-electron chi connectivity index (χ4n) is 3.57. The summed E-state index contributed by atoms with van der Waals surface area (Å²) in [6, 6.07) is 14.9. The van der Waals surface area contributed by atoms with Crippen molar-refractivity contribution >= 4 is 11.6 Å². The average molecular weight is 376 g/mol. The van der Waals surface area contributed by atoms with Gasteiger partial charge in [-0.3, -0.25) is 4.79 Å². The molecule has 2 aromatic carbocycles. The quantitative estimate of drug-likeness (QED) is 0.577. The highest BCUT2D eigenvalue weighted by atomic mass is 16.5.